The van der Waals surface area contributed by atoms with Crippen LogP contribution in [0.1, 0.15) is 0 Å². The first kappa shape index (κ1) is 6.95. The molecule has 0 saturated carbocycles. The van der Waals surface area contributed by atoms with E-state index in [1.54, 1.807) is 0 Å². The lowest BCUT2D eigenvalue weighted by atomic mass is 10.4. The second kappa shape index (κ2) is 3.12. The molecule has 1 radical (unpaired) electrons. The molecule has 0 aromatic carbocycles. The third-order valence-corrected chi connectivity index (χ3v) is 1.36. The molecule has 0 aromatic rings. The number of hydrogen-bond donors (Lipinski definition) is 1. The van der Waals surface area contributed by atoms with Crippen molar-refractivity contribution in [2.24, 2.45) is 0 Å². The minimum absolute atomic E-state index is 0.546. The van der Waals surface area contributed by atoms with E-state index in [9.17, 15) is 5.11 Å². The molecule has 0 aromatic heterocycles. The Morgan fingerprint density at radius 2 is 2.00 bits per heavy atom. The predicted octanol–water partition coefficient (Wildman–Crippen LogP) is -0.975. The summed E-state index contributed by atoms with van der Waals surface area (Å²) in [7, 11) is 0. The molecule has 4 nitrogen and oxygen atoms in total. The zero-order chi connectivity index (χ0) is 6.69. The topological polar surface area (TPSA) is 52.6 Å². The quantitative estimate of drug-likeness (QED) is 0.467. The Kier molecular flexibility index (Phi) is 2.41. The fraction of sp³-hybridized carbons (Fsp3) is 1.00. The smallest absolute Gasteiger partial charge is 0.248 e. The number of rotatable bonds is 1. The van der Waals surface area contributed by atoms with Gasteiger partial charge in [0.15, 0.2) is 0 Å². The highest BCUT2D eigenvalue weighted by molar-refractivity contribution is 4.58. The van der Waals surface area contributed by atoms with Crippen molar-refractivity contribution >= 4 is 0 Å². The van der Waals surface area contributed by atoms with Crippen LogP contribution in [0.5, 0.6) is 0 Å². The van der Waals surface area contributed by atoms with E-state index in [1.807, 2.05) is 0 Å². The van der Waals surface area contributed by atoms with E-state index >= 15 is 0 Å². The van der Waals surface area contributed by atoms with E-state index < -0.39 is 6.41 Å². The largest absolute Gasteiger partial charge is 0.379 e. The lowest BCUT2D eigenvalue weighted by Crippen LogP contribution is -2.42. The minimum Gasteiger partial charge on any atom is -0.379 e. The monoisotopic (exact) mass is 132 g/mol. The zero-order valence-corrected chi connectivity index (χ0v) is 5.12. The molecule has 1 aliphatic heterocycles. The molecule has 0 spiro atoms. The van der Waals surface area contributed by atoms with Crippen LogP contribution in [-0.2, 0) is 9.84 Å². The lowest BCUT2D eigenvalue weighted by molar-refractivity contribution is -0.209. The maximum atomic E-state index is 10.3. The van der Waals surface area contributed by atoms with Gasteiger partial charge in [-0.3, -0.25) is 0 Å². The summed E-state index contributed by atoms with van der Waals surface area (Å²) in [6, 6.07) is 0. The highest BCUT2D eigenvalue weighted by Gasteiger charge is 2.16. The number of aliphatic hydroxyl groups excluding tert-OH is 1. The van der Waals surface area contributed by atoms with Crippen LogP contribution in [0.4, 0.5) is 0 Å². The molecule has 53 valence electrons. The van der Waals surface area contributed by atoms with Crippen LogP contribution in [0.15, 0.2) is 0 Å². The molecule has 1 N–H and O–H groups in total. The Balaban J connectivity index is 2.23. The second-order valence-electron chi connectivity index (χ2n) is 1.97. The molecule has 1 heterocycles. The van der Waals surface area contributed by atoms with Crippen LogP contribution in [0.2, 0.25) is 0 Å². The van der Waals surface area contributed by atoms with Crippen molar-refractivity contribution in [1.82, 2.24) is 4.90 Å². The molecule has 0 amide bonds. The Morgan fingerprint density at radius 3 is 2.33 bits per heavy atom. The predicted molar refractivity (Wildman–Crippen MR) is 29.1 cm³/mol. The maximum absolute atomic E-state index is 10.3. The van der Waals surface area contributed by atoms with Crippen LogP contribution in [-0.4, -0.2) is 42.7 Å². The van der Waals surface area contributed by atoms with Crippen LogP contribution in [0.3, 0.4) is 0 Å². The maximum Gasteiger partial charge on any atom is 0.248 e. The van der Waals surface area contributed by atoms with Gasteiger partial charge in [0.1, 0.15) is 0 Å². The minimum atomic E-state index is -1.56. The molecule has 1 saturated heterocycles. The van der Waals surface area contributed by atoms with Gasteiger partial charge in [-0.15, -0.1) is 0 Å². The van der Waals surface area contributed by atoms with Gasteiger partial charge in [-0.2, -0.15) is 5.11 Å². The summed E-state index contributed by atoms with van der Waals surface area (Å²) >= 11 is 0. The summed E-state index contributed by atoms with van der Waals surface area (Å²) in [6.45, 7) is 2.20. The first-order valence-corrected chi connectivity index (χ1v) is 2.96. The van der Waals surface area contributed by atoms with Crippen LogP contribution < -0.4 is 0 Å². The van der Waals surface area contributed by atoms with Gasteiger partial charge < -0.3 is 9.84 Å². The second-order valence-corrected chi connectivity index (χ2v) is 1.97. The molecule has 4 heteroatoms. The Morgan fingerprint density at radius 1 is 1.44 bits per heavy atom. The molecular weight excluding hydrogens is 122 g/mol. The van der Waals surface area contributed by atoms with Crippen molar-refractivity contribution in [2.75, 3.05) is 26.3 Å². The number of morpholine rings is 1. The summed E-state index contributed by atoms with van der Waals surface area (Å²) in [4.78, 5) is 1.43. The van der Waals surface area contributed by atoms with Crippen LogP contribution in [0, 0.1) is 0 Å². The van der Waals surface area contributed by atoms with Crippen molar-refractivity contribution in [3.63, 3.8) is 0 Å². The average molecular weight is 132 g/mol. The zero-order valence-electron chi connectivity index (χ0n) is 5.12. The molecule has 0 aliphatic carbocycles. The van der Waals surface area contributed by atoms with Crippen molar-refractivity contribution in [1.29, 1.82) is 0 Å². The SMILES string of the molecule is [O]C(O)N1CCOCC1. The molecule has 1 unspecified atom stereocenters. The molecule has 1 fully saturated rings. The lowest BCUT2D eigenvalue weighted by Gasteiger charge is -2.26. The van der Waals surface area contributed by atoms with Crippen LogP contribution >= 0.6 is 0 Å². The average Bonchev–Trinajstić information content (AvgIpc) is 1.90. The van der Waals surface area contributed by atoms with Crippen molar-refractivity contribution < 1.29 is 14.9 Å². The van der Waals surface area contributed by atoms with E-state index in [0.29, 0.717) is 26.3 Å². The van der Waals surface area contributed by atoms with Crippen LogP contribution in [0.25, 0.3) is 0 Å². The Bertz CT molecular complexity index is 80.3. The summed E-state index contributed by atoms with van der Waals surface area (Å²) < 4.78 is 4.96. The van der Waals surface area contributed by atoms with E-state index in [0.717, 1.165) is 0 Å². The Hall–Kier alpha value is -0.160. The van der Waals surface area contributed by atoms with Gasteiger partial charge in [0.05, 0.1) is 13.2 Å². The van der Waals surface area contributed by atoms with Crippen molar-refractivity contribution in [2.45, 2.75) is 6.41 Å². The first-order chi connectivity index (χ1) is 4.30. The van der Waals surface area contributed by atoms with Crippen molar-refractivity contribution in [3.05, 3.63) is 0 Å². The number of hydrogen-bond acceptors (Lipinski definition) is 3. The molecule has 9 heavy (non-hydrogen) atoms. The summed E-state index contributed by atoms with van der Waals surface area (Å²) in [5, 5.41) is 18.8. The van der Waals surface area contributed by atoms with Gasteiger partial charge in [0, 0.05) is 13.1 Å². The van der Waals surface area contributed by atoms with E-state index in [4.69, 9.17) is 9.84 Å². The fourth-order valence-electron chi connectivity index (χ4n) is 0.798. The fourth-order valence-corrected chi connectivity index (χ4v) is 0.798. The first-order valence-electron chi connectivity index (χ1n) is 2.96. The molecule has 0 bridgehead atoms. The summed E-state index contributed by atoms with van der Waals surface area (Å²) in [5.74, 6) is 0. The number of nitrogens with zero attached hydrogens (tertiary/aromatic N) is 1. The van der Waals surface area contributed by atoms with E-state index in [-0.39, 0.29) is 0 Å². The van der Waals surface area contributed by atoms with E-state index in [2.05, 4.69) is 0 Å². The summed E-state index contributed by atoms with van der Waals surface area (Å²) in [5.41, 5.74) is 0. The van der Waals surface area contributed by atoms with Gasteiger partial charge in [0.2, 0.25) is 6.41 Å². The molecule has 1 atom stereocenters. The van der Waals surface area contributed by atoms with Gasteiger partial charge in [0.25, 0.3) is 0 Å². The molecule has 1 rings (SSSR count). The highest BCUT2D eigenvalue weighted by Crippen LogP contribution is 1.98. The van der Waals surface area contributed by atoms with Crippen molar-refractivity contribution in [3.8, 4) is 0 Å². The molecule has 1 aliphatic rings. The van der Waals surface area contributed by atoms with E-state index in [1.165, 1.54) is 4.90 Å². The standard InChI is InChI=1S/C5H10NO3/c7-5(8)6-1-3-9-4-2-6/h5,7H,1-4H2. The normalized spacial score (nSPS) is 23.0. The van der Waals surface area contributed by atoms with Gasteiger partial charge in [-0.05, 0) is 0 Å². The van der Waals surface area contributed by atoms with Gasteiger partial charge in [-0.25, -0.2) is 4.90 Å². The third kappa shape index (κ3) is 1.91. The third-order valence-electron chi connectivity index (χ3n) is 1.36. The number of ether oxygens (including phenoxy) is 1. The molecular formula is C5H10NO3. The van der Waals surface area contributed by atoms with Gasteiger partial charge in [-0.1, -0.05) is 0 Å². The summed E-state index contributed by atoms with van der Waals surface area (Å²) in [6.07, 6.45) is -1.56. The van der Waals surface area contributed by atoms with Gasteiger partial charge >= 0.3 is 0 Å². The Labute approximate surface area is 53.7 Å². The number of aliphatic hydroxyl groups is 1. The highest BCUT2D eigenvalue weighted by atomic mass is 16.5.